The number of hydrogen-bond donors (Lipinski definition) is 1. The maximum Gasteiger partial charge on any atom is 0.0765 e. The van der Waals surface area contributed by atoms with E-state index in [0.717, 1.165) is 99.1 Å². The van der Waals surface area contributed by atoms with Gasteiger partial charge in [0.2, 0.25) is 0 Å². The molecule has 8 nitrogen and oxygen atoms in total. The van der Waals surface area contributed by atoms with Gasteiger partial charge in [0.05, 0.1) is 5.69 Å². The molecule has 0 fully saturated rings. The summed E-state index contributed by atoms with van der Waals surface area (Å²) >= 11 is 0. The lowest BCUT2D eigenvalue weighted by atomic mass is 10.2. The van der Waals surface area contributed by atoms with Crippen LogP contribution in [0.25, 0.3) is 0 Å². The Morgan fingerprint density at radius 1 is 0.463 bits per heavy atom. The molecule has 0 aliphatic rings. The van der Waals surface area contributed by atoms with Crippen LogP contribution in [0.1, 0.15) is 34.2 Å². The highest BCUT2D eigenvalue weighted by molar-refractivity contribution is 5.11. The van der Waals surface area contributed by atoms with Gasteiger partial charge in [-0.2, -0.15) is 5.10 Å². The molecule has 5 aromatic rings. The molecule has 0 aliphatic carbocycles. The average molecular weight is 547 g/mol. The Labute approximate surface area is 242 Å². The summed E-state index contributed by atoms with van der Waals surface area (Å²) in [5.74, 6) is 0. The van der Waals surface area contributed by atoms with Crippen LogP contribution in [0, 0.1) is 0 Å². The zero-order chi connectivity index (χ0) is 28.0. The molecule has 0 bridgehead atoms. The molecule has 5 rings (SSSR count). The lowest BCUT2D eigenvalue weighted by Gasteiger charge is -2.21. The number of nitrogens with zero attached hydrogens (tertiary/aromatic N) is 7. The Morgan fingerprint density at radius 2 is 0.854 bits per heavy atom. The molecule has 0 aliphatic heterocycles. The minimum atomic E-state index is 0.776. The molecule has 5 aromatic heterocycles. The first-order valence-electron chi connectivity index (χ1n) is 14.4. The van der Waals surface area contributed by atoms with Gasteiger partial charge in [-0.15, -0.1) is 0 Å². The maximum atomic E-state index is 4.71. The molecule has 8 heteroatoms. The van der Waals surface area contributed by atoms with Crippen LogP contribution in [0.2, 0.25) is 0 Å². The van der Waals surface area contributed by atoms with Crippen molar-refractivity contribution >= 4 is 0 Å². The third kappa shape index (κ3) is 9.70. The van der Waals surface area contributed by atoms with Gasteiger partial charge in [0.25, 0.3) is 0 Å². The van der Waals surface area contributed by atoms with Crippen LogP contribution in [0.5, 0.6) is 0 Å². The number of pyridine rings is 4. The summed E-state index contributed by atoms with van der Waals surface area (Å²) in [6.07, 6.45) is 11.1. The Hall–Kier alpha value is -4.27. The standard InChI is InChI=1S/C33H38N8/c1-5-17-34-28(9-1)13-21-40(22-14-29-10-2-6-18-35-29)26-32-25-33(39-38-32)27-41(23-15-30-11-3-7-19-36-30)24-16-31-12-4-8-20-37-31/h1-12,17-20,25H,13-16,21-24,26-27H2,(H,38,39). The zero-order valence-corrected chi connectivity index (χ0v) is 23.5. The fourth-order valence-corrected chi connectivity index (χ4v) is 4.86. The second-order valence-electron chi connectivity index (χ2n) is 10.2. The summed E-state index contributed by atoms with van der Waals surface area (Å²) in [6, 6.07) is 26.6. The summed E-state index contributed by atoms with van der Waals surface area (Å²) in [5.41, 5.74) is 6.60. The van der Waals surface area contributed by atoms with Gasteiger partial charge in [0.15, 0.2) is 0 Å². The van der Waals surface area contributed by atoms with Crippen molar-refractivity contribution in [3.8, 4) is 0 Å². The number of H-pyrrole nitrogens is 1. The van der Waals surface area contributed by atoms with E-state index in [-0.39, 0.29) is 0 Å². The van der Waals surface area contributed by atoms with Gasteiger partial charge < -0.3 is 0 Å². The van der Waals surface area contributed by atoms with E-state index in [1.807, 2.05) is 61.2 Å². The van der Waals surface area contributed by atoms with Crippen LogP contribution in [-0.2, 0) is 38.8 Å². The van der Waals surface area contributed by atoms with E-state index in [0.29, 0.717) is 0 Å². The Morgan fingerprint density at radius 3 is 1.22 bits per heavy atom. The van der Waals surface area contributed by atoms with E-state index in [1.165, 1.54) is 0 Å². The van der Waals surface area contributed by atoms with Gasteiger partial charge in [-0.3, -0.25) is 34.8 Å². The lowest BCUT2D eigenvalue weighted by Crippen LogP contribution is -2.29. The minimum Gasteiger partial charge on any atom is -0.297 e. The van der Waals surface area contributed by atoms with Crippen LogP contribution >= 0.6 is 0 Å². The average Bonchev–Trinajstić information content (AvgIpc) is 3.48. The first kappa shape index (κ1) is 28.3. The Bertz CT molecular complexity index is 1200. The van der Waals surface area contributed by atoms with Crippen molar-refractivity contribution in [2.45, 2.75) is 38.8 Å². The zero-order valence-electron chi connectivity index (χ0n) is 23.5. The molecule has 0 saturated heterocycles. The van der Waals surface area contributed by atoms with E-state index < -0.39 is 0 Å². The van der Waals surface area contributed by atoms with Crippen molar-refractivity contribution in [1.82, 2.24) is 39.9 Å². The first-order valence-corrected chi connectivity index (χ1v) is 14.4. The highest BCUT2D eigenvalue weighted by Gasteiger charge is 2.13. The normalized spacial score (nSPS) is 11.4. The van der Waals surface area contributed by atoms with Crippen LogP contribution in [0.3, 0.4) is 0 Å². The summed E-state index contributed by atoms with van der Waals surface area (Å²) in [7, 11) is 0. The quantitative estimate of drug-likeness (QED) is 0.194. The molecule has 1 N–H and O–H groups in total. The predicted octanol–water partition coefficient (Wildman–Crippen LogP) is 4.56. The van der Waals surface area contributed by atoms with Gasteiger partial charge in [-0.05, 0) is 54.6 Å². The van der Waals surface area contributed by atoms with Gasteiger partial charge in [0.1, 0.15) is 0 Å². The van der Waals surface area contributed by atoms with E-state index in [4.69, 9.17) is 5.10 Å². The van der Waals surface area contributed by atoms with Crippen molar-refractivity contribution in [3.63, 3.8) is 0 Å². The highest BCUT2D eigenvalue weighted by Crippen LogP contribution is 2.11. The molecule has 0 amide bonds. The van der Waals surface area contributed by atoms with Crippen LogP contribution in [0.4, 0.5) is 0 Å². The van der Waals surface area contributed by atoms with Crippen LogP contribution in [-0.4, -0.2) is 66.1 Å². The summed E-state index contributed by atoms with van der Waals surface area (Å²) < 4.78 is 0. The number of rotatable bonds is 16. The molecule has 41 heavy (non-hydrogen) atoms. The summed E-state index contributed by atoms with van der Waals surface area (Å²) in [5, 5.41) is 8.02. The SMILES string of the molecule is c1ccc(CCN(CCc2ccccn2)Cc2cc(CN(CCc3ccccn3)CCc3ccccn3)[nH]n2)nc1. The molecule has 0 radical (unpaired) electrons. The number of aromatic nitrogens is 6. The van der Waals surface area contributed by atoms with Gasteiger partial charge in [0, 0.05) is 118 Å². The fraction of sp³-hybridized carbons (Fsp3) is 0.303. The monoisotopic (exact) mass is 546 g/mol. The minimum absolute atomic E-state index is 0.776. The maximum absolute atomic E-state index is 4.71. The van der Waals surface area contributed by atoms with Crippen LogP contribution < -0.4 is 0 Å². The molecule has 5 heterocycles. The van der Waals surface area contributed by atoms with Crippen LogP contribution in [0.15, 0.2) is 104 Å². The van der Waals surface area contributed by atoms with E-state index >= 15 is 0 Å². The number of nitrogens with one attached hydrogen (secondary N) is 1. The smallest absolute Gasteiger partial charge is 0.0765 e. The third-order valence-corrected chi connectivity index (χ3v) is 7.10. The second kappa shape index (κ2) is 15.5. The molecular formula is C33H38N8. The largest absolute Gasteiger partial charge is 0.297 e. The van der Waals surface area contributed by atoms with Gasteiger partial charge in [-0.25, -0.2) is 0 Å². The van der Waals surface area contributed by atoms with E-state index in [2.05, 4.69) is 77.3 Å². The van der Waals surface area contributed by atoms with Crippen molar-refractivity contribution in [3.05, 3.63) is 138 Å². The molecule has 210 valence electrons. The predicted molar refractivity (Wildman–Crippen MR) is 161 cm³/mol. The second-order valence-corrected chi connectivity index (χ2v) is 10.2. The van der Waals surface area contributed by atoms with Gasteiger partial charge >= 0.3 is 0 Å². The number of hydrogen-bond acceptors (Lipinski definition) is 7. The third-order valence-electron chi connectivity index (χ3n) is 7.10. The van der Waals surface area contributed by atoms with Crippen molar-refractivity contribution in [2.24, 2.45) is 0 Å². The lowest BCUT2D eigenvalue weighted by molar-refractivity contribution is 0.266. The summed E-state index contributed by atoms with van der Waals surface area (Å²) in [4.78, 5) is 23.0. The highest BCUT2D eigenvalue weighted by atomic mass is 15.2. The van der Waals surface area contributed by atoms with Crippen molar-refractivity contribution in [2.75, 3.05) is 26.2 Å². The molecule has 0 saturated carbocycles. The molecule has 0 spiro atoms. The van der Waals surface area contributed by atoms with Crippen molar-refractivity contribution < 1.29 is 0 Å². The molecule has 0 atom stereocenters. The fourth-order valence-electron chi connectivity index (χ4n) is 4.86. The topological polar surface area (TPSA) is 86.7 Å². The Balaban J connectivity index is 1.21. The van der Waals surface area contributed by atoms with Gasteiger partial charge in [-0.1, -0.05) is 24.3 Å². The van der Waals surface area contributed by atoms with E-state index in [1.54, 1.807) is 0 Å². The Kier molecular flexibility index (Phi) is 10.7. The van der Waals surface area contributed by atoms with E-state index in [9.17, 15) is 0 Å². The number of aromatic amines is 1. The molecular weight excluding hydrogens is 508 g/mol. The first-order chi connectivity index (χ1) is 20.3. The van der Waals surface area contributed by atoms with Crippen molar-refractivity contribution in [1.29, 1.82) is 0 Å². The summed E-state index contributed by atoms with van der Waals surface area (Å²) in [6.45, 7) is 5.22. The molecule has 0 unspecified atom stereocenters. The molecule has 0 aromatic carbocycles.